The first kappa shape index (κ1) is 14.7. The first-order chi connectivity index (χ1) is 9.52. The minimum atomic E-state index is -0.900. The Morgan fingerprint density at radius 1 is 1.20 bits per heavy atom. The summed E-state index contributed by atoms with van der Waals surface area (Å²) >= 11 is 2.97. The third-order valence-electron chi connectivity index (χ3n) is 2.88. The molecule has 5 heteroatoms. The lowest BCUT2D eigenvalue weighted by Crippen LogP contribution is -2.16. The molecule has 2 aromatic rings. The zero-order chi connectivity index (χ0) is 14.7. The molecule has 2 nitrogen and oxygen atoms in total. The third kappa shape index (κ3) is 3.04. The number of anilines is 1. The number of aryl methyl sites for hydroxylation is 1. The van der Waals surface area contributed by atoms with Gasteiger partial charge in [0.2, 0.25) is 0 Å². The van der Waals surface area contributed by atoms with Crippen molar-refractivity contribution >= 4 is 27.5 Å². The SMILES string of the molecule is CCc1ccccc1NC(=O)c1c(F)cc(Br)cc1F. The van der Waals surface area contributed by atoms with Crippen molar-refractivity contribution < 1.29 is 13.6 Å². The van der Waals surface area contributed by atoms with E-state index in [1.165, 1.54) is 0 Å². The summed E-state index contributed by atoms with van der Waals surface area (Å²) in [6.45, 7) is 1.94. The molecule has 0 aromatic heterocycles. The Hall–Kier alpha value is -1.75. The van der Waals surface area contributed by atoms with Crippen LogP contribution >= 0.6 is 15.9 Å². The summed E-state index contributed by atoms with van der Waals surface area (Å²) in [5, 5.41) is 2.54. The van der Waals surface area contributed by atoms with Crippen LogP contribution in [0.3, 0.4) is 0 Å². The number of amides is 1. The van der Waals surface area contributed by atoms with Gasteiger partial charge in [0.05, 0.1) is 0 Å². The second kappa shape index (κ2) is 6.13. The van der Waals surface area contributed by atoms with Crippen molar-refractivity contribution in [3.63, 3.8) is 0 Å². The number of carbonyl (C=O) groups is 1. The number of hydrogen-bond acceptors (Lipinski definition) is 1. The Balaban J connectivity index is 2.34. The van der Waals surface area contributed by atoms with Crippen LogP contribution in [0.5, 0.6) is 0 Å². The van der Waals surface area contributed by atoms with Crippen molar-refractivity contribution in [3.05, 3.63) is 63.6 Å². The van der Waals surface area contributed by atoms with Gasteiger partial charge in [-0.3, -0.25) is 4.79 Å². The lowest BCUT2D eigenvalue weighted by Gasteiger charge is -2.11. The first-order valence-corrected chi connectivity index (χ1v) is 6.86. The molecule has 0 radical (unpaired) electrons. The highest BCUT2D eigenvalue weighted by molar-refractivity contribution is 9.10. The van der Waals surface area contributed by atoms with Gasteiger partial charge in [-0.05, 0) is 30.2 Å². The minimum Gasteiger partial charge on any atom is -0.322 e. The molecular weight excluding hydrogens is 328 g/mol. The van der Waals surface area contributed by atoms with Gasteiger partial charge in [-0.25, -0.2) is 8.78 Å². The van der Waals surface area contributed by atoms with Crippen LogP contribution in [-0.2, 0) is 6.42 Å². The maximum Gasteiger partial charge on any atom is 0.261 e. The average Bonchev–Trinajstić information content (AvgIpc) is 2.38. The Bertz CT molecular complexity index is 635. The van der Waals surface area contributed by atoms with E-state index in [0.29, 0.717) is 12.1 Å². The number of benzene rings is 2. The summed E-state index contributed by atoms with van der Waals surface area (Å²) in [7, 11) is 0. The molecule has 1 N–H and O–H groups in total. The van der Waals surface area contributed by atoms with E-state index in [1.807, 2.05) is 19.1 Å². The van der Waals surface area contributed by atoms with E-state index in [2.05, 4.69) is 21.2 Å². The van der Waals surface area contributed by atoms with Crippen LogP contribution in [0.4, 0.5) is 14.5 Å². The lowest BCUT2D eigenvalue weighted by atomic mass is 10.1. The number of nitrogens with one attached hydrogen (secondary N) is 1. The van der Waals surface area contributed by atoms with Gasteiger partial charge < -0.3 is 5.32 Å². The van der Waals surface area contributed by atoms with Gasteiger partial charge in [-0.2, -0.15) is 0 Å². The molecule has 0 aliphatic rings. The van der Waals surface area contributed by atoms with Gasteiger partial charge in [0.15, 0.2) is 0 Å². The Morgan fingerprint density at radius 3 is 2.40 bits per heavy atom. The zero-order valence-electron chi connectivity index (χ0n) is 10.7. The van der Waals surface area contributed by atoms with Crippen molar-refractivity contribution in [2.24, 2.45) is 0 Å². The van der Waals surface area contributed by atoms with Crippen LogP contribution in [0.25, 0.3) is 0 Å². The van der Waals surface area contributed by atoms with Crippen molar-refractivity contribution in [1.29, 1.82) is 0 Å². The Kier molecular flexibility index (Phi) is 4.49. The molecule has 0 fully saturated rings. The van der Waals surface area contributed by atoms with Gasteiger partial charge in [0.1, 0.15) is 17.2 Å². The van der Waals surface area contributed by atoms with Crippen LogP contribution in [-0.4, -0.2) is 5.91 Å². The summed E-state index contributed by atoms with van der Waals surface area (Å²) in [6.07, 6.45) is 0.710. The fourth-order valence-corrected chi connectivity index (χ4v) is 2.30. The maximum atomic E-state index is 13.7. The summed E-state index contributed by atoms with van der Waals surface area (Å²) in [5.74, 6) is -2.60. The van der Waals surface area contributed by atoms with Crippen LogP contribution in [0, 0.1) is 11.6 Å². The summed E-state index contributed by atoms with van der Waals surface area (Å²) in [5.41, 5.74) is 0.875. The van der Waals surface area contributed by atoms with Crippen molar-refractivity contribution in [2.45, 2.75) is 13.3 Å². The van der Waals surface area contributed by atoms with Crippen LogP contribution in [0.1, 0.15) is 22.8 Å². The number of hydrogen-bond donors (Lipinski definition) is 1. The minimum absolute atomic E-state index is 0.248. The van der Waals surface area contributed by atoms with Crippen molar-refractivity contribution in [2.75, 3.05) is 5.32 Å². The molecule has 20 heavy (non-hydrogen) atoms. The molecule has 0 saturated heterocycles. The number of halogens is 3. The molecule has 0 saturated carbocycles. The molecule has 0 bridgehead atoms. The van der Waals surface area contributed by atoms with Crippen LogP contribution < -0.4 is 5.32 Å². The highest BCUT2D eigenvalue weighted by Gasteiger charge is 2.19. The third-order valence-corrected chi connectivity index (χ3v) is 3.34. The number of para-hydroxylation sites is 1. The molecule has 2 aromatic carbocycles. The lowest BCUT2D eigenvalue weighted by molar-refractivity contribution is 0.101. The Labute approximate surface area is 123 Å². The molecule has 0 aliphatic heterocycles. The predicted octanol–water partition coefficient (Wildman–Crippen LogP) is 4.54. The highest BCUT2D eigenvalue weighted by atomic mass is 79.9. The van der Waals surface area contributed by atoms with Gasteiger partial charge in [0.25, 0.3) is 5.91 Å². The molecule has 1 amide bonds. The fourth-order valence-electron chi connectivity index (χ4n) is 1.89. The van der Waals surface area contributed by atoms with E-state index < -0.39 is 23.1 Å². The van der Waals surface area contributed by atoms with E-state index in [9.17, 15) is 13.6 Å². The number of carbonyl (C=O) groups excluding carboxylic acids is 1. The van der Waals surface area contributed by atoms with Gasteiger partial charge in [-0.15, -0.1) is 0 Å². The standard InChI is InChI=1S/C15H12BrF2NO/c1-2-9-5-3-4-6-13(9)19-15(20)14-11(17)7-10(16)8-12(14)18/h3-8H,2H2,1H3,(H,19,20). The second-order valence-electron chi connectivity index (χ2n) is 4.21. The topological polar surface area (TPSA) is 29.1 Å². The number of rotatable bonds is 3. The average molecular weight is 340 g/mol. The van der Waals surface area contributed by atoms with Crippen molar-refractivity contribution in [3.8, 4) is 0 Å². The van der Waals surface area contributed by atoms with Gasteiger partial charge >= 0.3 is 0 Å². The molecule has 104 valence electrons. The summed E-state index contributed by atoms with van der Waals surface area (Å²) in [6, 6.07) is 9.26. The summed E-state index contributed by atoms with van der Waals surface area (Å²) < 4.78 is 27.7. The van der Waals surface area contributed by atoms with Crippen LogP contribution in [0.15, 0.2) is 40.9 Å². The summed E-state index contributed by atoms with van der Waals surface area (Å²) in [4.78, 5) is 12.0. The zero-order valence-corrected chi connectivity index (χ0v) is 12.3. The molecule has 0 atom stereocenters. The normalized spacial score (nSPS) is 10.4. The second-order valence-corrected chi connectivity index (χ2v) is 5.12. The molecule has 0 heterocycles. The van der Waals surface area contributed by atoms with Crippen LogP contribution in [0.2, 0.25) is 0 Å². The van der Waals surface area contributed by atoms with Gasteiger partial charge in [0, 0.05) is 10.2 Å². The molecule has 0 spiro atoms. The largest absolute Gasteiger partial charge is 0.322 e. The first-order valence-electron chi connectivity index (χ1n) is 6.06. The fraction of sp³-hybridized carbons (Fsp3) is 0.133. The monoisotopic (exact) mass is 339 g/mol. The molecular formula is C15H12BrF2NO. The van der Waals surface area contributed by atoms with E-state index in [0.717, 1.165) is 17.7 Å². The molecule has 2 rings (SSSR count). The van der Waals surface area contributed by atoms with Crippen molar-refractivity contribution in [1.82, 2.24) is 0 Å². The smallest absolute Gasteiger partial charge is 0.261 e. The molecule has 0 unspecified atom stereocenters. The van der Waals surface area contributed by atoms with E-state index in [-0.39, 0.29) is 4.47 Å². The van der Waals surface area contributed by atoms with E-state index in [1.54, 1.807) is 12.1 Å². The highest BCUT2D eigenvalue weighted by Crippen LogP contribution is 2.22. The predicted molar refractivity (Wildman–Crippen MR) is 77.8 cm³/mol. The molecule has 0 aliphatic carbocycles. The maximum absolute atomic E-state index is 13.7. The van der Waals surface area contributed by atoms with Gasteiger partial charge in [-0.1, -0.05) is 41.1 Å². The van der Waals surface area contributed by atoms with E-state index >= 15 is 0 Å². The Morgan fingerprint density at radius 2 is 1.80 bits per heavy atom. The quantitative estimate of drug-likeness (QED) is 0.873. The van der Waals surface area contributed by atoms with E-state index in [4.69, 9.17) is 0 Å².